The zero-order valence-corrected chi connectivity index (χ0v) is 19.6. The van der Waals surface area contributed by atoms with Crippen LogP contribution in [0.2, 0.25) is 0 Å². The van der Waals surface area contributed by atoms with Gasteiger partial charge in [-0.05, 0) is 58.5 Å². The second-order valence-corrected chi connectivity index (χ2v) is 8.11. The molecule has 1 heterocycles. The van der Waals surface area contributed by atoms with Crippen molar-refractivity contribution in [3.63, 3.8) is 0 Å². The van der Waals surface area contributed by atoms with Crippen LogP contribution in [0.25, 0.3) is 10.9 Å². The smallest absolute Gasteiger partial charge is 0.308 e. The van der Waals surface area contributed by atoms with Gasteiger partial charge in [0.15, 0.2) is 11.5 Å². The third kappa shape index (κ3) is 4.67. The molecule has 150 valence electrons. The van der Waals surface area contributed by atoms with Crippen LogP contribution >= 0.6 is 38.5 Å². The lowest BCUT2D eigenvalue weighted by molar-refractivity contribution is -0.132. The molecule has 0 unspecified atom stereocenters. The fourth-order valence-corrected chi connectivity index (χ4v) is 3.82. The third-order valence-corrected chi connectivity index (χ3v) is 5.31. The Balaban J connectivity index is 2.09. The minimum atomic E-state index is -0.435. The van der Waals surface area contributed by atoms with Crippen molar-refractivity contribution in [1.82, 2.24) is 9.66 Å². The van der Waals surface area contributed by atoms with Crippen LogP contribution in [0, 0.1) is 3.57 Å². The Labute approximate surface area is 189 Å². The van der Waals surface area contributed by atoms with Crippen molar-refractivity contribution in [3.8, 4) is 11.5 Å². The molecule has 1 aromatic heterocycles. The van der Waals surface area contributed by atoms with E-state index >= 15 is 0 Å². The first-order valence-corrected chi connectivity index (χ1v) is 10.5. The van der Waals surface area contributed by atoms with E-state index in [0.717, 1.165) is 4.47 Å². The maximum absolute atomic E-state index is 13.0. The fraction of sp³-hybridized carbons (Fsp3) is 0.200. The molecule has 0 amide bonds. The van der Waals surface area contributed by atoms with Crippen molar-refractivity contribution in [1.29, 1.82) is 0 Å². The summed E-state index contributed by atoms with van der Waals surface area (Å²) in [5.41, 5.74) is 1.07. The molecular formula is C20H17BrIN3O4. The molecule has 0 aliphatic rings. The summed E-state index contributed by atoms with van der Waals surface area (Å²) in [4.78, 5) is 28.8. The van der Waals surface area contributed by atoms with Crippen molar-refractivity contribution < 1.29 is 14.3 Å². The van der Waals surface area contributed by atoms with Crippen LogP contribution in [0.5, 0.6) is 11.5 Å². The van der Waals surface area contributed by atoms with Crippen molar-refractivity contribution in [2.45, 2.75) is 20.3 Å². The van der Waals surface area contributed by atoms with Gasteiger partial charge in [-0.3, -0.25) is 9.59 Å². The summed E-state index contributed by atoms with van der Waals surface area (Å²) in [6, 6.07) is 8.85. The van der Waals surface area contributed by atoms with E-state index in [2.05, 4.69) is 48.6 Å². The summed E-state index contributed by atoms with van der Waals surface area (Å²) in [6.45, 7) is 3.24. The summed E-state index contributed by atoms with van der Waals surface area (Å²) in [6.07, 6.45) is 2.10. The molecule has 0 N–H and O–H groups in total. The molecule has 0 saturated carbocycles. The topological polar surface area (TPSA) is 82.8 Å². The van der Waals surface area contributed by atoms with Crippen molar-refractivity contribution >= 4 is 61.6 Å². The first-order valence-electron chi connectivity index (χ1n) is 8.65. The number of esters is 1. The maximum atomic E-state index is 13.0. The lowest BCUT2D eigenvalue weighted by Gasteiger charge is -2.11. The normalized spacial score (nSPS) is 11.2. The zero-order chi connectivity index (χ0) is 21.1. The summed E-state index contributed by atoms with van der Waals surface area (Å²) in [5.74, 6) is 0.869. The predicted molar refractivity (Wildman–Crippen MR) is 123 cm³/mol. The van der Waals surface area contributed by atoms with Crippen LogP contribution in [0.1, 0.15) is 25.2 Å². The fourth-order valence-electron chi connectivity index (χ4n) is 2.72. The number of ether oxygens (including phenoxy) is 2. The van der Waals surface area contributed by atoms with E-state index < -0.39 is 5.97 Å². The molecule has 0 aliphatic heterocycles. The van der Waals surface area contributed by atoms with E-state index in [4.69, 9.17) is 9.47 Å². The highest BCUT2D eigenvalue weighted by Gasteiger charge is 2.14. The van der Waals surface area contributed by atoms with Crippen LogP contribution < -0.4 is 15.0 Å². The number of rotatable bonds is 5. The Morgan fingerprint density at radius 2 is 2.10 bits per heavy atom. The number of benzene rings is 2. The highest BCUT2D eigenvalue weighted by molar-refractivity contribution is 14.1. The van der Waals surface area contributed by atoms with Gasteiger partial charge < -0.3 is 9.47 Å². The molecule has 0 saturated heterocycles. The lowest BCUT2D eigenvalue weighted by Crippen LogP contribution is -2.22. The van der Waals surface area contributed by atoms with E-state index in [-0.39, 0.29) is 5.56 Å². The van der Waals surface area contributed by atoms with Crippen molar-refractivity contribution in [2.24, 2.45) is 5.10 Å². The molecule has 0 aliphatic carbocycles. The monoisotopic (exact) mass is 569 g/mol. The SMILES string of the molecule is CCc1nc2ccc(Br)cc2c(=O)n1N=Cc1cc(I)c(OC(C)=O)c(OC)c1. The molecule has 9 heteroatoms. The third-order valence-electron chi connectivity index (χ3n) is 4.01. The van der Waals surface area contributed by atoms with E-state index in [1.54, 1.807) is 30.5 Å². The molecule has 29 heavy (non-hydrogen) atoms. The van der Waals surface area contributed by atoms with E-state index in [1.807, 2.05) is 13.0 Å². The minimum absolute atomic E-state index is 0.248. The largest absolute Gasteiger partial charge is 0.493 e. The van der Waals surface area contributed by atoms with Gasteiger partial charge in [-0.2, -0.15) is 9.78 Å². The number of carbonyl (C=O) groups is 1. The van der Waals surface area contributed by atoms with Crippen LogP contribution in [0.4, 0.5) is 0 Å². The first-order chi connectivity index (χ1) is 13.8. The number of carbonyl (C=O) groups excluding carboxylic acids is 1. The molecule has 0 spiro atoms. The first kappa shape index (κ1) is 21.4. The summed E-state index contributed by atoms with van der Waals surface area (Å²) in [7, 11) is 1.49. The molecular weight excluding hydrogens is 553 g/mol. The summed E-state index contributed by atoms with van der Waals surface area (Å²) < 4.78 is 13.3. The van der Waals surface area contributed by atoms with Crippen LogP contribution in [0.15, 0.2) is 44.7 Å². The summed E-state index contributed by atoms with van der Waals surface area (Å²) in [5, 5.41) is 4.85. The number of fused-ring (bicyclic) bond motifs is 1. The van der Waals surface area contributed by atoms with Gasteiger partial charge in [-0.25, -0.2) is 4.98 Å². The van der Waals surface area contributed by atoms with Gasteiger partial charge in [0.25, 0.3) is 5.56 Å². The second kappa shape index (κ2) is 9.04. The van der Waals surface area contributed by atoms with Crippen molar-refractivity contribution in [3.05, 3.63) is 60.1 Å². The lowest BCUT2D eigenvalue weighted by atomic mass is 10.2. The van der Waals surface area contributed by atoms with E-state index in [9.17, 15) is 9.59 Å². The molecule has 0 radical (unpaired) electrons. The number of methoxy groups -OCH3 is 1. The molecule has 3 aromatic rings. The predicted octanol–water partition coefficient (Wildman–Crippen LogP) is 4.14. The van der Waals surface area contributed by atoms with E-state index in [0.29, 0.717) is 43.8 Å². The van der Waals surface area contributed by atoms with Gasteiger partial charge in [0.1, 0.15) is 5.82 Å². The standard InChI is InChI=1S/C20H17BrIN3O4/c1-4-18-24-16-6-5-13(21)9-14(16)20(27)25(18)23-10-12-7-15(22)19(29-11(2)26)17(8-12)28-3/h5-10H,4H2,1-3H3. The number of hydrogen-bond acceptors (Lipinski definition) is 6. The van der Waals surface area contributed by atoms with Crippen LogP contribution in [-0.4, -0.2) is 29.0 Å². The number of nitrogens with zero attached hydrogens (tertiary/aromatic N) is 3. The Bertz CT molecular complexity index is 1190. The molecule has 0 atom stereocenters. The minimum Gasteiger partial charge on any atom is -0.493 e. The Morgan fingerprint density at radius 1 is 1.34 bits per heavy atom. The highest BCUT2D eigenvalue weighted by Crippen LogP contribution is 2.33. The van der Waals surface area contributed by atoms with E-state index in [1.165, 1.54) is 18.7 Å². The van der Waals surface area contributed by atoms with Gasteiger partial charge in [0, 0.05) is 17.8 Å². The van der Waals surface area contributed by atoms with Gasteiger partial charge in [-0.15, -0.1) is 0 Å². The number of halogens is 2. The molecule has 0 fully saturated rings. The van der Waals surface area contributed by atoms with Crippen LogP contribution in [-0.2, 0) is 11.2 Å². The quantitative estimate of drug-likeness (QED) is 0.200. The Morgan fingerprint density at radius 3 is 2.76 bits per heavy atom. The molecule has 0 bridgehead atoms. The van der Waals surface area contributed by atoms with Gasteiger partial charge >= 0.3 is 5.97 Å². The Kier molecular flexibility index (Phi) is 6.68. The number of aromatic nitrogens is 2. The molecule has 3 rings (SSSR count). The zero-order valence-electron chi connectivity index (χ0n) is 15.9. The maximum Gasteiger partial charge on any atom is 0.308 e. The van der Waals surface area contributed by atoms with Gasteiger partial charge in [-0.1, -0.05) is 22.9 Å². The average Bonchev–Trinajstić information content (AvgIpc) is 2.68. The average molecular weight is 570 g/mol. The molecule has 2 aromatic carbocycles. The molecule has 7 nitrogen and oxygen atoms in total. The van der Waals surface area contributed by atoms with Crippen LogP contribution in [0.3, 0.4) is 0 Å². The number of hydrogen-bond donors (Lipinski definition) is 0. The van der Waals surface area contributed by atoms with Crippen molar-refractivity contribution in [2.75, 3.05) is 7.11 Å². The Hall–Kier alpha value is -2.27. The highest BCUT2D eigenvalue weighted by atomic mass is 127. The van der Waals surface area contributed by atoms with Gasteiger partial charge in [0.05, 0.1) is 27.8 Å². The summed E-state index contributed by atoms with van der Waals surface area (Å²) >= 11 is 5.44. The number of aryl methyl sites for hydroxylation is 1. The van der Waals surface area contributed by atoms with Gasteiger partial charge in [0.2, 0.25) is 0 Å². The second-order valence-electron chi connectivity index (χ2n) is 6.03.